The summed E-state index contributed by atoms with van der Waals surface area (Å²) in [5.41, 5.74) is 8.32. The fourth-order valence-electron chi connectivity index (χ4n) is 3.57. The minimum atomic E-state index is -0.600. The summed E-state index contributed by atoms with van der Waals surface area (Å²) >= 11 is 6.42. The minimum Gasteiger partial charge on any atom is -0.404 e. The molecule has 170 valence electrons. The van der Waals surface area contributed by atoms with Gasteiger partial charge in [-0.1, -0.05) is 41.9 Å². The molecule has 0 bridgehead atoms. The Hall–Kier alpha value is -3.69. The van der Waals surface area contributed by atoms with Crippen LogP contribution in [-0.4, -0.2) is 65.2 Å². The highest BCUT2D eigenvalue weighted by Crippen LogP contribution is 2.26. The molecule has 0 spiro atoms. The summed E-state index contributed by atoms with van der Waals surface area (Å²) in [5, 5.41) is 3.03. The summed E-state index contributed by atoms with van der Waals surface area (Å²) in [6, 6.07) is 11.4. The maximum atomic E-state index is 13.0. The zero-order valence-electron chi connectivity index (χ0n) is 18.0. The van der Waals surface area contributed by atoms with Gasteiger partial charge in [0.25, 0.3) is 11.8 Å². The highest BCUT2D eigenvalue weighted by atomic mass is 35.5. The maximum absolute atomic E-state index is 13.0. The number of nitrogens with two attached hydrogens (primary N) is 1. The summed E-state index contributed by atoms with van der Waals surface area (Å²) in [6.07, 6.45) is 4.62. The third kappa shape index (κ3) is 4.74. The van der Waals surface area contributed by atoms with Crippen LogP contribution < -0.4 is 11.1 Å². The van der Waals surface area contributed by atoms with Gasteiger partial charge in [-0.3, -0.25) is 14.6 Å². The number of fused-ring (bicyclic) bond motifs is 1. The van der Waals surface area contributed by atoms with Crippen LogP contribution in [0.25, 0.3) is 16.9 Å². The number of hydrogen-bond acceptors (Lipinski definition) is 6. The van der Waals surface area contributed by atoms with E-state index in [0.29, 0.717) is 42.7 Å². The van der Waals surface area contributed by atoms with Gasteiger partial charge in [-0.05, 0) is 0 Å². The second kappa shape index (κ2) is 9.85. The number of benzene rings is 1. The summed E-state index contributed by atoms with van der Waals surface area (Å²) in [6.45, 7) is 1.69. The topological polar surface area (TPSA) is 114 Å². The van der Waals surface area contributed by atoms with Crippen molar-refractivity contribution >= 4 is 40.5 Å². The molecule has 3 heterocycles. The van der Waals surface area contributed by atoms with Crippen molar-refractivity contribution < 1.29 is 14.3 Å². The molecule has 1 aromatic carbocycles. The van der Waals surface area contributed by atoms with Gasteiger partial charge in [-0.15, -0.1) is 0 Å². The van der Waals surface area contributed by atoms with E-state index in [1.54, 1.807) is 21.6 Å². The molecule has 10 heteroatoms. The molecule has 3 aromatic rings. The van der Waals surface area contributed by atoms with Crippen LogP contribution in [0, 0.1) is 0 Å². The molecule has 0 aliphatic carbocycles. The molecular formula is C23H23ClN6O3. The number of pyridine rings is 1. The maximum Gasteiger partial charge on any atom is 0.274 e. The summed E-state index contributed by atoms with van der Waals surface area (Å²) < 4.78 is 7.06. The number of carbonyl (C=O) groups excluding carboxylic acids is 2. The van der Waals surface area contributed by atoms with Gasteiger partial charge in [-0.2, -0.15) is 0 Å². The summed E-state index contributed by atoms with van der Waals surface area (Å²) in [4.78, 5) is 36.1. The monoisotopic (exact) mass is 466 g/mol. The van der Waals surface area contributed by atoms with Gasteiger partial charge < -0.3 is 25.1 Å². The highest BCUT2D eigenvalue weighted by Gasteiger charge is 2.27. The quantitative estimate of drug-likeness (QED) is 0.442. The van der Waals surface area contributed by atoms with Gasteiger partial charge in [0.2, 0.25) is 0 Å². The number of morpholine rings is 1. The number of amides is 2. The average molecular weight is 467 g/mol. The lowest BCUT2D eigenvalue weighted by Gasteiger charge is -2.27. The number of carbonyl (C=O) groups is 2. The largest absolute Gasteiger partial charge is 0.404 e. The fourth-order valence-corrected chi connectivity index (χ4v) is 3.77. The van der Waals surface area contributed by atoms with Crippen LogP contribution in [0.2, 0.25) is 5.02 Å². The van der Waals surface area contributed by atoms with E-state index >= 15 is 0 Å². The molecule has 0 saturated carbocycles. The number of halogens is 1. The predicted octanol–water partition coefficient (Wildman–Crippen LogP) is 2.37. The van der Waals surface area contributed by atoms with Gasteiger partial charge in [-0.25, -0.2) is 4.98 Å². The Balaban J connectivity index is 1.57. The fraction of sp³-hybridized carbons (Fsp3) is 0.217. The van der Waals surface area contributed by atoms with Crippen LogP contribution in [-0.2, 0) is 14.3 Å². The third-order valence-corrected chi connectivity index (χ3v) is 5.55. The molecule has 33 heavy (non-hydrogen) atoms. The lowest BCUT2D eigenvalue weighted by molar-refractivity contribution is -0.130. The van der Waals surface area contributed by atoms with Gasteiger partial charge in [0.05, 0.1) is 35.2 Å². The summed E-state index contributed by atoms with van der Waals surface area (Å²) in [5.74, 6) is -0.976. The van der Waals surface area contributed by atoms with Gasteiger partial charge in [0.1, 0.15) is 11.4 Å². The van der Waals surface area contributed by atoms with Gasteiger partial charge >= 0.3 is 0 Å². The van der Waals surface area contributed by atoms with Crippen LogP contribution in [0.4, 0.5) is 5.69 Å². The number of nitrogens with zero attached hydrogens (tertiary/aromatic N) is 4. The van der Waals surface area contributed by atoms with Crippen molar-refractivity contribution in [2.45, 2.75) is 0 Å². The van der Waals surface area contributed by atoms with Crippen LogP contribution in [0.1, 0.15) is 0 Å². The van der Waals surface area contributed by atoms with Crippen LogP contribution >= 0.6 is 11.6 Å². The molecule has 1 aliphatic rings. The van der Waals surface area contributed by atoms with E-state index in [2.05, 4.69) is 15.3 Å². The van der Waals surface area contributed by atoms with Gasteiger partial charge in [0, 0.05) is 50.4 Å². The Kier molecular flexibility index (Phi) is 6.71. The molecule has 1 aliphatic heterocycles. The van der Waals surface area contributed by atoms with E-state index in [1.165, 1.54) is 7.05 Å². The Morgan fingerprint density at radius 2 is 1.94 bits per heavy atom. The molecule has 9 nitrogen and oxygen atoms in total. The normalized spacial score (nSPS) is 15.0. The Bertz CT molecular complexity index is 1250. The molecule has 4 rings (SSSR count). The van der Waals surface area contributed by atoms with E-state index in [0.717, 1.165) is 17.5 Å². The molecule has 1 fully saturated rings. The zero-order chi connectivity index (χ0) is 23.4. The van der Waals surface area contributed by atoms with E-state index in [4.69, 9.17) is 22.1 Å². The first-order valence-corrected chi connectivity index (χ1v) is 10.7. The Morgan fingerprint density at radius 3 is 2.61 bits per heavy atom. The Labute approximate surface area is 195 Å². The number of aliphatic imine (C=N–C) groups is 1. The van der Waals surface area contributed by atoms with E-state index in [1.807, 2.05) is 36.5 Å². The minimum absolute atomic E-state index is 0.0151. The van der Waals surface area contributed by atoms with E-state index < -0.39 is 5.91 Å². The average Bonchev–Trinajstić information content (AvgIpc) is 3.26. The van der Waals surface area contributed by atoms with Crippen molar-refractivity contribution in [3.63, 3.8) is 0 Å². The van der Waals surface area contributed by atoms with Crippen molar-refractivity contribution in [3.8, 4) is 11.3 Å². The molecule has 0 atom stereocenters. The first-order valence-electron chi connectivity index (χ1n) is 10.3. The lowest BCUT2D eigenvalue weighted by Crippen LogP contribution is -2.44. The SMILES string of the molecule is CN=C(C(=O)Nc1cc2nc(-c3ccccc3)cn2cc1Cl)C(=CN)C(=O)N1CCOCC1. The molecule has 1 saturated heterocycles. The van der Waals surface area contributed by atoms with Gasteiger partial charge in [0.15, 0.2) is 0 Å². The number of ether oxygens (including phenoxy) is 1. The molecule has 0 unspecified atom stereocenters. The molecule has 2 amide bonds. The molecular weight excluding hydrogens is 444 g/mol. The van der Waals surface area contributed by atoms with Crippen LogP contribution in [0.3, 0.4) is 0 Å². The summed E-state index contributed by atoms with van der Waals surface area (Å²) in [7, 11) is 1.43. The van der Waals surface area contributed by atoms with Crippen LogP contribution in [0.5, 0.6) is 0 Å². The zero-order valence-corrected chi connectivity index (χ0v) is 18.7. The van der Waals surface area contributed by atoms with E-state index in [-0.39, 0.29) is 17.2 Å². The lowest BCUT2D eigenvalue weighted by atomic mass is 10.1. The molecule has 3 N–H and O–H groups in total. The smallest absolute Gasteiger partial charge is 0.274 e. The molecule has 0 radical (unpaired) electrons. The molecule has 2 aromatic heterocycles. The van der Waals surface area contributed by atoms with Crippen molar-refractivity contribution in [1.82, 2.24) is 14.3 Å². The van der Waals surface area contributed by atoms with Crippen molar-refractivity contribution in [2.24, 2.45) is 10.7 Å². The predicted molar refractivity (Wildman–Crippen MR) is 127 cm³/mol. The van der Waals surface area contributed by atoms with Crippen LogP contribution in [0.15, 0.2) is 65.6 Å². The number of rotatable bonds is 5. The Morgan fingerprint density at radius 1 is 1.21 bits per heavy atom. The first-order chi connectivity index (χ1) is 16.0. The standard InChI is InChI=1S/C23H23ClN6O3/c1-26-21(16(12-25)23(32)29-7-9-33-10-8-29)22(31)28-18-11-20-27-19(14-30(20)13-17(18)24)15-5-3-2-4-6-15/h2-6,11-14H,7-10,25H2,1H3,(H,28,31). The number of anilines is 1. The third-order valence-electron chi connectivity index (χ3n) is 5.25. The highest BCUT2D eigenvalue weighted by molar-refractivity contribution is 6.54. The van der Waals surface area contributed by atoms with Crippen molar-refractivity contribution in [2.75, 3.05) is 38.7 Å². The number of hydrogen-bond donors (Lipinski definition) is 2. The number of aromatic nitrogens is 2. The number of nitrogens with one attached hydrogen (secondary N) is 1. The number of imidazole rings is 1. The first kappa shape index (κ1) is 22.5. The van der Waals surface area contributed by atoms with Crippen molar-refractivity contribution in [1.29, 1.82) is 0 Å². The second-order valence-corrected chi connectivity index (χ2v) is 7.71. The van der Waals surface area contributed by atoms with Crippen molar-refractivity contribution in [3.05, 3.63) is 65.6 Å². The second-order valence-electron chi connectivity index (χ2n) is 7.30. The van der Waals surface area contributed by atoms with E-state index in [9.17, 15) is 9.59 Å².